The zero-order valence-electron chi connectivity index (χ0n) is 8.75. The van der Waals surface area contributed by atoms with Gasteiger partial charge in [-0.1, -0.05) is 6.92 Å². The van der Waals surface area contributed by atoms with Crippen molar-refractivity contribution in [3.63, 3.8) is 0 Å². The van der Waals surface area contributed by atoms with Crippen molar-refractivity contribution in [2.75, 3.05) is 17.7 Å². The number of amides is 1. The van der Waals surface area contributed by atoms with Gasteiger partial charge in [-0.3, -0.25) is 4.79 Å². The molecule has 0 bridgehead atoms. The standard InChI is InChI=1S/C11H13FN2O/c1-6-3-10(15)14(2)11-8(6)4-7(13)5-9(11)12/h4-6H,3,13H2,1-2H3. The van der Waals surface area contributed by atoms with Crippen LogP contribution in [0.25, 0.3) is 0 Å². The molecule has 1 aliphatic heterocycles. The second kappa shape index (κ2) is 3.22. The average molecular weight is 208 g/mol. The largest absolute Gasteiger partial charge is 0.399 e. The molecule has 1 aromatic carbocycles. The number of fused-ring (bicyclic) bond motifs is 1. The summed E-state index contributed by atoms with van der Waals surface area (Å²) in [5.74, 6) is -0.451. The number of carbonyl (C=O) groups excluding carboxylic acids is 1. The Morgan fingerprint density at radius 2 is 2.20 bits per heavy atom. The minimum atomic E-state index is -0.424. The van der Waals surface area contributed by atoms with Crippen LogP contribution in [-0.2, 0) is 4.79 Å². The van der Waals surface area contributed by atoms with Crippen LogP contribution >= 0.6 is 0 Å². The zero-order chi connectivity index (χ0) is 11.2. The number of benzene rings is 1. The maximum atomic E-state index is 13.7. The van der Waals surface area contributed by atoms with Gasteiger partial charge in [0.05, 0.1) is 5.69 Å². The van der Waals surface area contributed by atoms with Crippen molar-refractivity contribution in [3.8, 4) is 0 Å². The van der Waals surface area contributed by atoms with Crippen LogP contribution in [0.4, 0.5) is 15.8 Å². The van der Waals surface area contributed by atoms with Crippen molar-refractivity contribution >= 4 is 17.3 Å². The molecule has 1 aromatic rings. The summed E-state index contributed by atoms with van der Waals surface area (Å²) in [5, 5.41) is 0. The molecule has 2 rings (SSSR count). The van der Waals surface area contributed by atoms with Gasteiger partial charge in [0, 0.05) is 19.2 Å². The topological polar surface area (TPSA) is 46.3 Å². The summed E-state index contributed by atoms with van der Waals surface area (Å²) >= 11 is 0. The summed E-state index contributed by atoms with van der Waals surface area (Å²) in [6, 6.07) is 2.99. The van der Waals surface area contributed by atoms with E-state index in [9.17, 15) is 9.18 Å². The molecule has 1 atom stereocenters. The van der Waals surface area contributed by atoms with Crippen molar-refractivity contribution in [1.29, 1.82) is 0 Å². The molecule has 1 unspecified atom stereocenters. The van der Waals surface area contributed by atoms with Crippen LogP contribution in [0.5, 0.6) is 0 Å². The summed E-state index contributed by atoms with van der Waals surface area (Å²) in [5.41, 5.74) is 7.17. The highest BCUT2D eigenvalue weighted by Gasteiger charge is 2.29. The maximum absolute atomic E-state index is 13.7. The van der Waals surface area contributed by atoms with Gasteiger partial charge in [0.25, 0.3) is 0 Å². The smallest absolute Gasteiger partial charge is 0.227 e. The van der Waals surface area contributed by atoms with Crippen molar-refractivity contribution < 1.29 is 9.18 Å². The van der Waals surface area contributed by atoms with E-state index in [1.807, 2.05) is 6.92 Å². The Bertz CT molecular complexity index is 431. The molecule has 1 aliphatic rings. The molecule has 0 aromatic heterocycles. The Kier molecular flexibility index (Phi) is 2.14. The molecule has 4 heteroatoms. The fourth-order valence-electron chi connectivity index (χ4n) is 2.01. The second-order valence-electron chi connectivity index (χ2n) is 4.00. The summed E-state index contributed by atoms with van der Waals surface area (Å²) in [7, 11) is 1.59. The molecule has 1 amide bonds. The lowest BCUT2D eigenvalue weighted by Gasteiger charge is -2.30. The zero-order valence-corrected chi connectivity index (χ0v) is 8.75. The molecule has 0 spiro atoms. The first-order chi connectivity index (χ1) is 7.00. The van der Waals surface area contributed by atoms with Crippen molar-refractivity contribution in [3.05, 3.63) is 23.5 Å². The molecule has 0 fully saturated rings. The summed E-state index contributed by atoms with van der Waals surface area (Å²) < 4.78 is 13.7. The Morgan fingerprint density at radius 1 is 1.53 bits per heavy atom. The summed E-state index contributed by atoms with van der Waals surface area (Å²) in [6.45, 7) is 1.91. The highest BCUT2D eigenvalue weighted by molar-refractivity contribution is 5.97. The van der Waals surface area contributed by atoms with Gasteiger partial charge in [-0.15, -0.1) is 0 Å². The molecular weight excluding hydrogens is 195 g/mol. The third-order valence-corrected chi connectivity index (χ3v) is 2.84. The minimum Gasteiger partial charge on any atom is -0.399 e. The number of anilines is 2. The Labute approximate surface area is 87.7 Å². The van der Waals surface area contributed by atoms with Crippen molar-refractivity contribution in [1.82, 2.24) is 0 Å². The predicted molar refractivity (Wildman–Crippen MR) is 57.3 cm³/mol. The number of hydrogen-bond acceptors (Lipinski definition) is 2. The van der Waals surface area contributed by atoms with Gasteiger partial charge in [0.1, 0.15) is 5.82 Å². The molecule has 0 saturated carbocycles. The number of nitrogens with zero attached hydrogens (tertiary/aromatic N) is 1. The highest BCUT2D eigenvalue weighted by atomic mass is 19.1. The highest BCUT2D eigenvalue weighted by Crippen LogP contribution is 2.38. The van der Waals surface area contributed by atoms with Gasteiger partial charge in [-0.05, 0) is 23.6 Å². The maximum Gasteiger partial charge on any atom is 0.227 e. The molecule has 0 aliphatic carbocycles. The number of carbonyl (C=O) groups is 1. The van der Waals surface area contributed by atoms with E-state index in [2.05, 4.69) is 0 Å². The molecule has 80 valence electrons. The number of nitrogens with two attached hydrogens (primary N) is 1. The number of hydrogen-bond donors (Lipinski definition) is 1. The molecule has 0 radical (unpaired) electrons. The van der Waals surface area contributed by atoms with Crippen molar-refractivity contribution in [2.24, 2.45) is 0 Å². The molecule has 15 heavy (non-hydrogen) atoms. The van der Waals surface area contributed by atoms with Gasteiger partial charge in [-0.25, -0.2) is 4.39 Å². The number of rotatable bonds is 0. The lowest BCUT2D eigenvalue weighted by Crippen LogP contribution is -2.33. The predicted octanol–water partition coefficient (Wildman–Crippen LogP) is 1.88. The molecule has 3 nitrogen and oxygen atoms in total. The third-order valence-electron chi connectivity index (χ3n) is 2.84. The van der Waals surface area contributed by atoms with E-state index in [1.165, 1.54) is 11.0 Å². The van der Waals surface area contributed by atoms with Crippen LogP contribution in [-0.4, -0.2) is 13.0 Å². The number of nitrogen functional groups attached to an aromatic ring is 1. The monoisotopic (exact) mass is 208 g/mol. The summed E-state index contributed by atoms with van der Waals surface area (Å²) in [6.07, 6.45) is 0.409. The van der Waals surface area contributed by atoms with Gasteiger partial charge in [-0.2, -0.15) is 0 Å². The Hall–Kier alpha value is -1.58. The van der Waals surface area contributed by atoms with E-state index >= 15 is 0 Å². The lowest BCUT2D eigenvalue weighted by atomic mass is 9.90. The van der Waals surface area contributed by atoms with Gasteiger partial charge in [0.15, 0.2) is 0 Å². The van der Waals surface area contributed by atoms with Crippen LogP contribution in [0, 0.1) is 5.82 Å². The van der Waals surface area contributed by atoms with E-state index in [-0.39, 0.29) is 11.8 Å². The van der Waals surface area contributed by atoms with Gasteiger partial charge >= 0.3 is 0 Å². The first-order valence-electron chi connectivity index (χ1n) is 4.86. The molecule has 2 N–H and O–H groups in total. The van der Waals surface area contributed by atoms with Crippen LogP contribution in [0.2, 0.25) is 0 Å². The van der Waals surface area contributed by atoms with Gasteiger partial charge in [0.2, 0.25) is 5.91 Å². The average Bonchev–Trinajstić information content (AvgIpc) is 2.13. The van der Waals surface area contributed by atoms with Crippen LogP contribution in [0.1, 0.15) is 24.8 Å². The molecule has 0 saturated heterocycles. The SMILES string of the molecule is CC1CC(=O)N(C)c2c(F)cc(N)cc21. The van der Waals surface area contributed by atoms with Gasteiger partial charge < -0.3 is 10.6 Å². The third kappa shape index (κ3) is 1.46. The lowest BCUT2D eigenvalue weighted by molar-refractivity contribution is -0.119. The van der Waals surface area contributed by atoms with Crippen LogP contribution in [0.15, 0.2) is 12.1 Å². The quantitative estimate of drug-likeness (QED) is 0.662. The fraction of sp³-hybridized carbons (Fsp3) is 0.364. The second-order valence-corrected chi connectivity index (χ2v) is 4.00. The normalized spacial score (nSPS) is 20.3. The molecule has 1 heterocycles. The Morgan fingerprint density at radius 3 is 2.87 bits per heavy atom. The molecular formula is C11H13FN2O. The van der Waals surface area contributed by atoms with E-state index in [0.29, 0.717) is 17.8 Å². The fourth-order valence-corrected chi connectivity index (χ4v) is 2.01. The van der Waals surface area contributed by atoms with Crippen LogP contribution in [0.3, 0.4) is 0 Å². The minimum absolute atomic E-state index is 0.0294. The van der Waals surface area contributed by atoms with E-state index in [4.69, 9.17) is 5.73 Å². The first kappa shape index (κ1) is 9.96. The summed E-state index contributed by atoms with van der Waals surface area (Å²) in [4.78, 5) is 12.9. The van der Waals surface area contributed by atoms with Crippen molar-refractivity contribution in [2.45, 2.75) is 19.3 Å². The van der Waals surface area contributed by atoms with E-state index in [0.717, 1.165) is 5.56 Å². The van der Waals surface area contributed by atoms with E-state index < -0.39 is 5.82 Å². The number of halogens is 1. The van der Waals surface area contributed by atoms with E-state index in [1.54, 1.807) is 13.1 Å². The van der Waals surface area contributed by atoms with Crippen LogP contribution < -0.4 is 10.6 Å². The Balaban J connectivity index is 2.65. The first-order valence-corrected chi connectivity index (χ1v) is 4.86.